The highest BCUT2D eigenvalue weighted by molar-refractivity contribution is 6.15. The van der Waals surface area contributed by atoms with Crippen molar-refractivity contribution in [1.82, 2.24) is 0 Å². The number of methoxy groups -OCH3 is 2. The first-order valence-corrected chi connectivity index (χ1v) is 6.41. The van der Waals surface area contributed by atoms with Gasteiger partial charge in [-0.05, 0) is 18.6 Å². The Kier molecular flexibility index (Phi) is 4.12. The van der Waals surface area contributed by atoms with Gasteiger partial charge in [0.1, 0.15) is 34.3 Å². The monoisotopic (exact) mass is 304 g/mol. The molecule has 0 aromatic heterocycles. The molecule has 2 aromatic rings. The van der Waals surface area contributed by atoms with Crippen LogP contribution in [0.15, 0.2) is 24.3 Å². The van der Waals surface area contributed by atoms with Crippen LogP contribution in [0.3, 0.4) is 0 Å². The lowest BCUT2D eigenvalue weighted by Gasteiger charge is -2.14. The Bertz CT molecular complexity index is 713. The van der Waals surface area contributed by atoms with Crippen molar-refractivity contribution in [3.05, 3.63) is 41.0 Å². The molecule has 0 saturated carbocycles. The summed E-state index contributed by atoms with van der Waals surface area (Å²) in [4.78, 5) is 12.7. The van der Waals surface area contributed by atoms with Crippen LogP contribution in [0, 0.1) is 6.92 Å². The predicted octanol–water partition coefficient (Wildman–Crippen LogP) is 2.36. The zero-order chi connectivity index (χ0) is 16.4. The molecule has 0 unspecified atom stereocenters. The number of benzene rings is 2. The SMILES string of the molecule is COc1cc(C)c(C(=O)c2c(O)cc(O)cc2O)c(OC)c1. The van der Waals surface area contributed by atoms with E-state index in [1.165, 1.54) is 20.3 Å². The summed E-state index contributed by atoms with van der Waals surface area (Å²) in [6.45, 7) is 1.69. The molecular weight excluding hydrogens is 288 g/mol. The highest BCUT2D eigenvalue weighted by Gasteiger charge is 2.24. The maximum atomic E-state index is 12.7. The molecule has 0 amide bonds. The van der Waals surface area contributed by atoms with Gasteiger partial charge in [-0.25, -0.2) is 0 Å². The van der Waals surface area contributed by atoms with Crippen molar-refractivity contribution >= 4 is 5.78 Å². The van der Waals surface area contributed by atoms with E-state index in [0.29, 0.717) is 11.3 Å². The van der Waals surface area contributed by atoms with Crippen molar-refractivity contribution in [2.45, 2.75) is 6.92 Å². The van der Waals surface area contributed by atoms with Crippen molar-refractivity contribution in [3.63, 3.8) is 0 Å². The highest BCUT2D eigenvalue weighted by atomic mass is 16.5. The van der Waals surface area contributed by atoms with Crippen LogP contribution in [0.2, 0.25) is 0 Å². The number of carbonyl (C=O) groups is 1. The van der Waals surface area contributed by atoms with E-state index in [1.807, 2.05) is 0 Å². The fourth-order valence-electron chi connectivity index (χ4n) is 2.25. The van der Waals surface area contributed by atoms with Gasteiger partial charge in [-0.3, -0.25) is 4.79 Å². The Balaban J connectivity index is 2.65. The number of hydrogen-bond donors (Lipinski definition) is 3. The summed E-state index contributed by atoms with van der Waals surface area (Å²) < 4.78 is 10.3. The van der Waals surface area contributed by atoms with Crippen LogP contribution in [0.5, 0.6) is 28.7 Å². The molecule has 0 fully saturated rings. The molecular formula is C16H16O6. The third-order valence-electron chi connectivity index (χ3n) is 3.26. The van der Waals surface area contributed by atoms with E-state index in [-0.39, 0.29) is 22.6 Å². The van der Waals surface area contributed by atoms with E-state index >= 15 is 0 Å². The van der Waals surface area contributed by atoms with Crippen LogP contribution in [0.1, 0.15) is 21.5 Å². The van der Waals surface area contributed by atoms with E-state index in [4.69, 9.17) is 9.47 Å². The van der Waals surface area contributed by atoms with E-state index in [1.54, 1.807) is 13.0 Å². The molecule has 0 heterocycles. The number of phenols is 3. The lowest BCUT2D eigenvalue weighted by atomic mass is 9.96. The quantitative estimate of drug-likeness (QED) is 0.750. The van der Waals surface area contributed by atoms with Crippen molar-refractivity contribution in [2.24, 2.45) is 0 Å². The molecule has 0 radical (unpaired) electrons. The fourth-order valence-corrected chi connectivity index (χ4v) is 2.25. The minimum absolute atomic E-state index is 0.194. The topological polar surface area (TPSA) is 96.2 Å². The number of aryl methyl sites for hydroxylation is 1. The molecule has 2 rings (SSSR count). The fraction of sp³-hybridized carbons (Fsp3) is 0.188. The summed E-state index contributed by atoms with van der Waals surface area (Å²) in [5.41, 5.74) is 0.456. The first-order valence-electron chi connectivity index (χ1n) is 6.41. The number of ketones is 1. The first-order chi connectivity index (χ1) is 10.4. The van der Waals surface area contributed by atoms with Gasteiger partial charge in [0.15, 0.2) is 0 Å². The molecule has 0 bridgehead atoms. The van der Waals surface area contributed by atoms with Crippen LogP contribution in [-0.4, -0.2) is 35.3 Å². The zero-order valence-electron chi connectivity index (χ0n) is 12.4. The van der Waals surface area contributed by atoms with Crippen LogP contribution in [0.25, 0.3) is 0 Å². The van der Waals surface area contributed by atoms with E-state index < -0.39 is 17.3 Å². The molecule has 2 aromatic carbocycles. The molecule has 0 spiro atoms. The summed E-state index contributed by atoms with van der Waals surface area (Å²) in [7, 11) is 2.90. The van der Waals surface area contributed by atoms with Gasteiger partial charge in [0.05, 0.1) is 19.8 Å². The van der Waals surface area contributed by atoms with Gasteiger partial charge >= 0.3 is 0 Å². The van der Waals surface area contributed by atoms with Crippen molar-refractivity contribution in [1.29, 1.82) is 0 Å². The Hall–Kier alpha value is -2.89. The molecule has 0 aliphatic carbocycles. The summed E-state index contributed by atoms with van der Waals surface area (Å²) in [5, 5.41) is 29.0. The molecule has 0 aliphatic heterocycles. The number of rotatable bonds is 4. The van der Waals surface area contributed by atoms with Gasteiger partial charge in [-0.15, -0.1) is 0 Å². The van der Waals surface area contributed by atoms with Crippen LogP contribution >= 0.6 is 0 Å². The lowest BCUT2D eigenvalue weighted by molar-refractivity contribution is 0.103. The maximum Gasteiger partial charge on any atom is 0.204 e. The van der Waals surface area contributed by atoms with Crippen molar-refractivity contribution < 1.29 is 29.6 Å². The van der Waals surface area contributed by atoms with Crippen molar-refractivity contribution in [2.75, 3.05) is 14.2 Å². The molecule has 0 atom stereocenters. The largest absolute Gasteiger partial charge is 0.508 e. The minimum Gasteiger partial charge on any atom is -0.508 e. The second-order valence-corrected chi connectivity index (χ2v) is 4.71. The van der Waals surface area contributed by atoms with Gasteiger partial charge in [0.25, 0.3) is 0 Å². The zero-order valence-corrected chi connectivity index (χ0v) is 12.4. The third kappa shape index (κ3) is 2.63. The van der Waals surface area contributed by atoms with Crippen molar-refractivity contribution in [3.8, 4) is 28.7 Å². The second-order valence-electron chi connectivity index (χ2n) is 4.71. The Morgan fingerprint density at radius 1 is 0.909 bits per heavy atom. The predicted molar refractivity (Wildman–Crippen MR) is 79.2 cm³/mol. The molecule has 22 heavy (non-hydrogen) atoms. The molecule has 3 N–H and O–H groups in total. The summed E-state index contributed by atoms with van der Waals surface area (Å²) in [5.74, 6) is -1.21. The number of ether oxygens (including phenoxy) is 2. The Labute approximate surface area is 127 Å². The van der Waals surface area contributed by atoms with Crippen LogP contribution in [0.4, 0.5) is 0 Å². The summed E-state index contributed by atoms with van der Waals surface area (Å²) in [6, 6.07) is 5.15. The second kappa shape index (κ2) is 5.85. The Morgan fingerprint density at radius 2 is 1.50 bits per heavy atom. The smallest absolute Gasteiger partial charge is 0.204 e. The van der Waals surface area contributed by atoms with Crippen LogP contribution < -0.4 is 9.47 Å². The van der Waals surface area contributed by atoms with Gasteiger partial charge in [-0.1, -0.05) is 0 Å². The number of carbonyl (C=O) groups excluding carboxylic acids is 1. The van der Waals surface area contributed by atoms with Gasteiger partial charge in [0.2, 0.25) is 5.78 Å². The van der Waals surface area contributed by atoms with Crippen LogP contribution in [-0.2, 0) is 0 Å². The first kappa shape index (κ1) is 15.5. The van der Waals surface area contributed by atoms with Gasteiger partial charge in [0, 0.05) is 18.2 Å². The molecule has 116 valence electrons. The van der Waals surface area contributed by atoms with Gasteiger partial charge in [-0.2, -0.15) is 0 Å². The number of phenolic OH excluding ortho intramolecular Hbond substituents is 3. The average Bonchev–Trinajstić information content (AvgIpc) is 2.44. The number of aromatic hydroxyl groups is 3. The number of hydrogen-bond acceptors (Lipinski definition) is 6. The lowest BCUT2D eigenvalue weighted by Crippen LogP contribution is -2.07. The molecule has 0 saturated heterocycles. The standard InChI is InChI=1S/C16H16O6/c1-8-4-10(21-2)7-13(22-3)14(8)16(20)15-11(18)5-9(17)6-12(15)19/h4-7,17-19H,1-3H3. The van der Waals surface area contributed by atoms with E-state index in [0.717, 1.165) is 12.1 Å². The molecule has 6 nitrogen and oxygen atoms in total. The molecule has 0 aliphatic rings. The normalized spacial score (nSPS) is 10.3. The van der Waals surface area contributed by atoms with E-state index in [2.05, 4.69) is 0 Å². The summed E-state index contributed by atoms with van der Waals surface area (Å²) in [6.07, 6.45) is 0. The van der Waals surface area contributed by atoms with E-state index in [9.17, 15) is 20.1 Å². The summed E-state index contributed by atoms with van der Waals surface area (Å²) >= 11 is 0. The third-order valence-corrected chi connectivity index (χ3v) is 3.26. The van der Waals surface area contributed by atoms with Gasteiger partial charge < -0.3 is 24.8 Å². The molecule has 6 heteroatoms. The highest BCUT2D eigenvalue weighted by Crippen LogP contribution is 2.37. The Morgan fingerprint density at radius 3 is 2.00 bits per heavy atom. The minimum atomic E-state index is -0.619. The maximum absolute atomic E-state index is 12.7. The average molecular weight is 304 g/mol.